The lowest BCUT2D eigenvalue weighted by Crippen LogP contribution is -2.26. The van der Waals surface area contributed by atoms with E-state index in [1.54, 1.807) is 31.4 Å². The minimum Gasteiger partial charge on any atom is -0.383 e. The van der Waals surface area contributed by atoms with E-state index in [9.17, 15) is 9.59 Å². The van der Waals surface area contributed by atoms with Gasteiger partial charge in [0.25, 0.3) is 5.91 Å². The number of nitrogens with zero attached hydrogens (tertiary/aromatic N) is 1. The largest absolute Gasteiger partial charge is 0.383 e. The van der Waals surface area contributed by atoms with E-state index in [1.807, 2.05) is 12.1 Å². The zero-order valence-electron chi connectivity index (χ0n) is 13.6. The van der Waals surface area contributed by atoms with Gasteiger partial charge in [-0.2, -0.15) is 0 Å². The molecule has 7 nitrogen and oxygen atoms in total. The molecule has 0 saturated heterocycles. The van der Waals surface area contributed by atoms with Gasteiger partial charge in [-0.15, -0.1) is 0 Å². The van der Waals surface area contributed by atoms with Crippen molar-refractivity contribution in [3.05, 3.63) is 48.2 Å². The molecule has 1 heterocycles. The van der Waals surface area contributed by atoms with E-state index in [-0.39, 0.29) is 11.8 Å². The molecule has 2 amide bonds. The summed E-state index contributed by atoms with van der Waals surface area (Å²) in [4.78, 5) is 27.2. The van der Waals surface area contributed by atoms with Crippen molar-refractivity contribution in [3.63, 3.8) is 0 Å². The Balaban J connectivity index is 1.98. The first-order valence-electron chi connectivity index (χ1n) is 7.46. The molecule has 0 unspecified atom stereocenters. The maximum Gasteiger partial charge on any atom is 0.252 e. The van der Waals surface area contributed by atoms with Gasteiger partial charge >= 0.3 is 0 Å². The molecule has 0 aliphatic rings. The molecule has 0 aliphatic heterocycles. The summed E-state index contributed by atoms with van der Waals surface area (Å²) in [5.74, 6) is 0.274. The quantitative estimate of drug-likeness (QED) is 0.677. The molecular formula is C17H20N4O3. The average Bonchev–Trinajstić information content (AvgIpc) is 2.55. The third-order valence-electron chi connectivity index (χ3n) is 3.07. The Morgan fingerprint density at radius 2 is 1.96 bits per heavy atom. The van der Waals surface area contributed by atoms with Gasteiger partial charge in [0.15, 0.2) is 0 Å². The number of pyridine rings is 1. The van der Waals surface area contributed by atoms with Crippen LogP contribution >= 0.6 is 0 Å². The lowest BCUT2D eigenvalue weighted by Gasteiger charge is -2.09. The van der Waals surface area contributed by atoms with Crippen LogP contribution in [0.2, 0.25) is 0 Å². The van der Waals surface area contributed by atoms with Gasteiger partial charge < -0.3 is 20.7 Å². The van der Waals surface area contributed by atoms with Gasteiger partial charge in [-0.05, 0) is 30.3 Å². The molecule has 0 radical (unpaired) electrons. The summed E-state index contributed by atoms with van der Waals surface area (Å²) in [6.45, 7) is 2.37. The molecule has 2 aromatic rings. The zero-order valence-corrected chi connectivity index (χ0v) is 13.6. The Morgan fingerprint density at radius 1 is 1.17 bits per heavy atom. The molecule has 0 bridgehead atoms. The maximum atomic E-state index is 11.9. The number of hydrogen-bond donors (Lipinski definition) is 3. The smallest absolute Gasteiger partial charge is 0.252 e. The van der Waals surface area contributed by atoms with Gasteiger partial charge in [0.1, 0.15) is 5.82 Å². The van der Waals surface area contributed by atoms with Crippen molar-refractivity contribution < 1.29 is 14.3 Å². The first-order valence-corrected chi connectivity index (χ1v) is 7.46. The van der Waals surface area contributed by atoms with Crippen LogP contribution in [0, 0.1) is 0 Å². The Morgan fingerprint density at radius 3 is 2.62 bits per heavy atom. The average molecular weight is 328 g/mol. The minimum atomic E-state index is -0.196. The van der Waals surface area contributed by atoms with Gasteiger partial charge in [0.2, 0.25) is 5.91 Å². The summed E-state index contributed by atoms with van der Waals surface area (Å²) in [7, 11) is 1.58. The van der Waals surface area contributed by atoms with Crippen LogP contribution in [0.5, 0.6) is 0 Å². The van der Waals surface area contributed by atoms with Gasteiger partial charge in [0, 0.05) is 38.1 Å². The molecule has 2 rings (SSSR count). The fraction of sp³-hybridized carbons (Fsp3) is 0.235. The highest BCUT2D eigenvalue weighted by atomic mass is 16.5. The van der Waals surface area contributed by atoms with Crippen LogP contribution in [-0.2, 0) is 9.53 Å². The minimum absolute atomic E-state index is 0.130. The molecule has 0 saturated carbocycles. The molecule has 24 heavy (non-hydrogen) atoms. The first-order chi connectivity index (χ1) is 11.6. The normalized spacial score (nSPS) is 10.1. The number of hydrogen-bond acceptors (Lipinski definition) is 5. The Kier molecular flexibility index (Phi) is 6.27. The lowest BCUT2D eigenvalue weighted by molar-refractivity contribution is -0.114. The highest BCUT2D eigenvalue weighted by molar-refractivity contribution is 5.94. The van der Waals surface area contributed by atoms with Gasteiger partial charge in [-0.25, -0.2) is 4.98 Å². The number of nitrogens with one attached hydrogen (secondary N) is 3. The molecule has 1 aromatic carbocycles. The number of benzene rings is 1. The highest BCUT2D eigenvalue weighted by Gasteiger charge is 2.06. The summed E-state index contributed by atoms with van der Waals surface area (Å²) >= 11 is 0. The van der Waals surface area contributed by atoms with Crippen molar-refractivity contribution in [2.45, 2.75) is 6.92 Å². The SMILES string of the molecule is COCCNC(=O)c1ccc(Nc2cccc(NC(C)=O)c2)nc1. The summed E-state index contributed by atoms with van der Waals surface area (Å²) in [5, 5.41) is 8.57. The second-order valence-electron chi connectivity index (χ2n) is 5.07. The summed E-state index contributed by atoms with van der Waals surface area (Å²) in [6.07, 6.45) is 1.50. The number of carbonyl (C=O) groups is 2. The second-order valence-corrected chi connectivity index (χ2v) is 5.07. The standard InChI is InChI=1S/C17H20N4O3/c1-12(22)20-14-4-3-5-15(10-14)21-16-7-6-13(11-19-16)17(23)18-8-9-24-2/h3-7,10-11H,8-9H2,1-2H3,(H,18,23)(H,19,21)(H,20,22). The molecular weight excluding hydrogens is 308 g/mol. The molecule has 126 valence electrons. The molecule has 7 heteroatoms. The summed E-state index contributed by atoms with van der Waals surface area (Å²) in [6, 6.07) is 10.7. The van der Waals surface area contributed by atoms with Crippen LogP contribution in [0.1, 0.15) is 17.3 Å². The van der Waals surface area contributed by atoms with Crippen molar-refractivity contribution in [2.75, 3.05) is 30.9 Å². The van der Waals surface area contributed by atoms with Crippen molar-refractivity contribution in [3.8, 4) is 0 Å². The van der Waals surface area contributed by atoms with E-state index in [0.717, 1.165) is 5.69 Å². The Labute approximate surface area is 140 Å². The van der Waals surface area contributed by atoms with E-state index in [1.165, 1.54) is 13.1 Å². The van der Waals surface area contributed by atoms with E-state index in [2.05, 4.69) is 20.9 Å². The summed E-state index contributed by atoms with van der Waals surface area (Å²) < 4.78 is 4.88. The van der Waals surface area contributed by atoms with Crippen LogP contribution in [0.15, 0.2) is 42.6 Å². The van der Waals surface area contributed by atoms with Gasteiger partial charge in [0.05, 0.1) is 12.2 Å². The van der Waals surface area contributed by atoms with Crippen molar-refractivity contribution in [2.24, 2.45) is 0 Å². The predicted molar refractivity (Wildman–Crippen MR) is 92.5 cm³/mol. The number of carbonyl (C=O) groups excluding carboxylic acids is 2. The number of ether oxygens (including phenoxy) is 1. The van der Waals surface area contributed by atoms with E-state index in [4.69, 9.17) is 4.74 Å². The van der Waals surface area contributed by atoms with Gasteiger partial charge in [-0.1, -0.05) is 6.07 Å². The molecule has 3 N–H and O–H groups in total. The van der Waals surface area contributed by atoms with Crippen LogP contribution < -0.4 is 16.0 Å². The van der Waals surface area contributed by atoms with E-state index >= 15 is 0 Å². The van der Waals surface area contributed by atoms with Crippen LogP contribution in [-0.4, -0.2) is 37.1 Å². The van der Waals surface area contributed by atoms with Crippen molar-refractivity contribution in [1.29, 1.82) is 0 Å². The predicted octanol–water partition coefficient (Wildman–Crippen LogP) is 2.16. The third kappa shape index (κ3) is 5.36. The van der Waals surface area contributed by atoms with Gasteiger partial charge in [-0.3, -0.25) is 9.59 Å². The molecule has 0 aliphatic carbocycles. The fourth-order valence-electron chi connectivity index (χ4n) is 2.00. The van der Waals surface area contributed by atoms with Crippen LogP contribution in [0.3, 0.4) is 0 Å². The topological polar surface area (TPSA) is 92.4 Å². The number of anilines is 3. The highest BCUT2D eigenvalue weighted by Crippen LogP contribution is 2.19. The molecule has 1 aromatic heterocycles. The number of amides is 2. The van der Waals surface area contributed by atoms with Crippen LogP contribution in [0.25, 0.3) is 0 Å². The zero-order chi connectivity index (χ0) is 17.4. The van der Waals surface area contributed by atoms with Crippen molar-refractivity contribution in [1.82, 2.24) is 10.3 Å². The maximum absolute atomic E-state index is 11.9. The first kappa shape index (κ1) is 17.4. The molecule has 0 atom stereocenters. The van der Waals surface area contributed by atoms with Crippen molar-refractivity contribution >= 4 is 29.0 Å². The number of rotatable bonds is 7. The van der Waals surface area contributed by atoms with E-state index in [0.29, 0.717) is 30.2 Å². The third-order valence-corrected chi connectivity index (χ3v) is 3.07. The Bertz CT molecular complexity index is 701. The lowest BCUT2D eigenvalue weighted by atomic mass is 10.2. The van der Waals surface area contributed by atoms with Crippen LogP contribution in [0.4, 0.5) is 17.2 Å². The van der Waals surface area contributed by atoms with E-state index < -0.39 is 0 Å². The summed E-state index contributed by atoms with van der Waals surface area (Å²) in [5.41, 5.74) is 1.95. The second kappa shape index (κ2) is 8.64. The monoisotopic (exact) mass is 328 g/mol. The Hall–Kier alpha value is -2.93. The number of aromatic nitrogens is 1. The molecule has 0 spiro atoms. The molecule has 0 fully saturated rings. The number of methoxy groups -OCH3 is 1. The fourth-order valence-corrected chi connectivity index (χ4v) is 2.00.